The van der Waals surface area contributed by atoms with E-state index in [1.165, 1.54) is 7.11 Å². The molecule has 1 aromatic rings. The second-order valence-corrected chi connectivity index (χ2v) is 4.40. The number of carbonyl (C=O) groups is 3. The molecule has 0 aliphatic carbocycles. The number of hydrogen-bond acceptors (Lipinski definition) is 7. The predicted octanol–water partition coefficient (Wildman–Crippen LogP) is 1.03. The van der Waals surface area contributed by atoms with Gasteiger partial charge < -0.3 is 14.2 Å². The molecule has 0 spiro atoms. The number of nitrogens with zero attached hydrogens (tertiary/aromatic N) is 1. The largest absolute Gasteiger partial charge is 0.496 e. The van der Waals surface area contributed by atoms with Gasteiger partial charge in [-0.05, 0) is 26.0 Å². The van der Waals surface area contributed by atoms with E-state index in [-0.39, 0.29) is 18.9 Å². The number of benzene rings is 1. The maximum absolute atomic E-state index is 12.1. The minimum Gasteiger partial charge on any atom is -0.496 e. The van der Waals surface area contributed by atoms with Gasteiger partial charge in [0.2, 0.25) is 0 Å². The van der Waals surface area contributed by atoms with Crippen molar-refractivity contribution >= 4 is 23.6 Å². The molecule has 0 aliphatic rings. The number of hydrogen-bond donors (Lipinski definition) is 1. The molecule has 0 radical (unpaired) electrons. The monoisotopic (exact) mass is 336 g/mol. The third-order valence-corrected chi connectivity index (χ3v) is 2.73. The molecule has 0 aromatic heterocycles. The number of rotatable bonds is 8. The van der Waals surface area contributed by atoms with Crippen molar-refractivity contribution < 1.29 is 28.6 Å². The van der Waals surface area contributed by atoms with Gasteiger partial charge in [0.15, 0.2) is 5.71 Å². The summed E-state index contributed by atoms with van der Waals surface area (Å²) in [6.07, 6.45) is -0.501. The van der Waals surface area contributed by atoms with Crippen molar-refractivity contribution in [3.8, 4) is 5.75 Å². The summed E-state index contributed by atoms with van der Waals surface area (Å²) >= 11 is 0. The second kappa shape index (κ2) is 9.98. The lowest BCUT2D eigenvalue weighted by Gasteiger charge is -2.10. The quantitative estimate of drug-likeness (QED) is 0.329. The van der Waals surface area contributed by atoms with Crippen LogP contribution in [-0.2, 0) is 23.9 Å². The fourth-order valence-corrected chi connectivity index (χ4v) is 1.76. The number of carbonyl (C=O) groups excluding carboxylic acids is 3. The number of amides is 1. The van der Waals surface area contributed by atoms with Crippen molar-refractivity contribution in [2.24, 2.45) is 5.10 Å². The molecule has 0 fully saturated rings. The molecule has 0 heterocycles. The molecule has 24 heavy (non-hydrogen) atoms. The highest BCUT2D eigenvalue weighted by atomic mass is 16.5. The normalized spacial score (nSPS) is 10.7. The fourth-order valence-electron chi connectivity index (χ4n) is 1.76. The molecule has 0 atom stereocenters. The van der Waals surface area contributed by atoms with Crippen LogP contribution in [0.4, 0.5) is 0 Å². The first-order valence-electron chi connectivity index (χ1n) is 7.36. The van der Waals surface area contributed by atoms with E-state index < -0.39 is 24.3 Å². The van der Waals surface area contributed by atoms with Crippen LogP contribution in [-0.4, -0.2) is 43.9 Å². The van der Waals surface area contributed by atoms with E-state index in [1.807, 2.05) is 0 Å². The summed E-state index contributed by atoms with van der Waals surface area (Å²) in [5, 5.41) is 3.79. The second-order valence-electron chi connectivity index (χ2n) is 4.40. The van der Waals surface area contributed by atoms with Crippen LogP contribution >= 0.6 is 0 Å². The fraction of sp³-hybridized carbons (Fsp3) is 0.375. The van der Waals surface area contributed by atoms with Gasteiger partial charge in [0.1, 0.15) is 12.2 Å². The third kappa shape index (κ3) is 5.71. The van der Waals surface area contributed by atoms with Crippen LogP contribution in [0, 0.1) is 0 Å². The van der Waals surface area contributed by atoms with Gasteiger partial charge in [-0.1, -0.05) is 12.1 Å². The molecule has 1 aromatic carbocycles. The van der Waals surface area contributed by atoms with Crippen LogP contribution in [0.15, 0.2) is 29.4 Å². The lowest BCUT2D eigenvalue weighted by atomic mass is 10.1. The number of hydrazone groups is 1. The molecule has 0 aliphatic heterocycles. The number of nitrogens with one attached hydrogen (secondary N) is 1. The standard InChI is InChI=1S/C16H20N2O6/c1-4-23-14(20)10-13(19)17-18-15(16(21)24-5-2)11-8-6-7-9-12(11)22-3/h6-9H,4-5,10H2,1-3H3,(H,17,19)/b18-15+. The van der Waals surface area contributed by atoms with Crippen LogP contribution in [0.25, 0.3) is 0 Å². The van der Waals surface area contributed by atoms with Gasteiger partial charge >= 0.3 is 11.9 Å². The van der Waals surface area contributed by atoms with Crippen molar-refractivity contribution in [2.75, 3.05) is 20.3 Å². The van der Waals surface area contributed by atoms with Gasteiger partial charge in [0.05, 0.1) is 25.9 Å². The first-order chi connectivity index (χ1) is 11.5. The van der Waals surface area contributed by atoms with Crippen molar-refractivity contribution in [1.29, 1.82) is 0 Å². The van der Waals surface area contributed by atoms with Crippen molar-refractivity contribution in [3.05, 3.63) is 29.8 Å². The highest BCUT2D eigenvalue weighted by Crippen LogP contribution is 2.18. The van der Waals surface area contributed by atoms with Crippen LogP contribution in [0.3, 0.4) is 0 Å². The van der Waals surface area contributed by atoms with Gasteiger partial charge in [-0.25, -0.2) is 10.2 Å². The minimum absolute atomic E-state index is 0.133. The summed E-state index contributed by atoms with van der Waals surface area (Å²) in [6.45, 7) is 3.60. The molecule has 1 rings (SSSR count). The van der Waals surface area contributed by atoms with Crippen LogP contribution in [0.1, 0.15) is 25.8 Å². The third-order valence-electron chi connectivity index (χ3n) is 2.73. The van der Waals surface area contributed by atoms with E-state index in [4.69, 9.17) is 9.47 Å². The molecule has 8 heteroatoms. The maximum atomic E-state index is 12.1. The van der Waals surface area contributed by atoms with Crippen molar-refractivity contribution in [1.82, 2.24) is 5.43 Å². The first kappa shape index (κ1) is 19.1. The Morgan fingerprint density at radius 3 is 2.38 bits per heavy atom. The van der Waals surface area contributed by atoms with Gasteiger partial charge in [-0.2, -0.15) is 5.10 Å². The topological polar surface area (TPSA) is 103 Å². The summed E-state index contributed by atoms with van der Waals surface area (Å²) in [5.41, 5.74) is 2.38. The Kier molecular flexibility index (Phi) is 7.97. The smallest absolute Gasteiger partial charge is 0.359 e. The molecule has 0 unspecified atom stereocenters. The van der Waals surface area contributed by atoms with E-state index in [9.17, 15) is 14.4 Å². The number of esters is 2. The van der Waals surface area contributed by atoms with E-state index in [1.54, 1.807) is 38.1 Å². The molecule has 0 saturated heterocycles. The first-order valence-corrected chi connectivity index (χ1v) is 7.36. The highest BCUT2D eigenvalue weighted by Gasteiger charge is 2.20. The Balaban J connectivity index is 3.00. The number of ether oxygens (including phenoxy) is 3. The lowest BCUT2D eigenvalue weighted by molar-refractivity contribution is -0.146. The SMILES string of the molecule is CCOC(=O)CC(=O)N/N=C(/C(=O)OCC)c1ccccc1OC. The van der Waals surface area contributed by atoms with E-state index in [0.29, 0.717) is 11.3 Å². The zero-order valence-corrected chi connectivity index (χ0v) is 13.8. The summed E-state index contributed by atoms with van der Waals surface area (Å²) in [5.74, 6) is -1.72. The Hall–Kier alpha value is -2.90. The summed E-state index contributed by atoms with van der Waals surface area (Å²) < 4.78 is 14.8. The van der Waals surface area contributed by atoms with Gasteiger partial charge in [0, 0.05) is 0 Å². The number of para-hydroxylation sites is 1. The lowest BCUT2D eigenvalue weighted by Crippen LogP contribution is -2.27. The van der Waals surface area contributed by atoms with Crippen LogP contribution in [0.5, 0.6) is 5.75 Å². The molecule has 1 amide bonds. The van der Waals surface area contributed by atoms with E-state index in [2.05, 4.69) is 15.3 Å². The Labute approximate surface area is 139 Å². The average molecular weight is 336 g/mol. The maximum Gasteiger partial charge on any atom is 0.359 e. The Morgan fingerprint density at radius 2 is 1.75 bits per heavy atom. The predicted molar refractivity (Wildman–Crippen MR) is 85.6 cm³/mol. The summed E-state index contributed by atoms with van der Waals surface area (Å²) in [6, 6.07) is 6.66. The Morgan fingerprint density at radius 1 is 1.08 bits per heavy atom. The summed E-state index contributed by atoms with van der Waals surface area (Å²) in [7, 11) is 1.45. The summed E-state index contributed by atoms with van der Waals surface area (Å²) in [4.78, 5) is 35.1. The van der Waals surface area contributed by atoms with E-state index in [0.717, 1.165) is 0 Å². The molecule has 0 saturated carbocycles. The van der Waals surface area contributed by atoms with Crippen LogP contribution in [0.2, 0.25) is 0 Å². The zero-order valence-electron chi connectivity index (χ0n) is 13.8. The van der Waals surface area contributed by atoms with Gasteiger partial charge in [-0.3, -0.25) is 9.59 Å². The number of methoxy groups -OCH3 is 1. The van der Waals surface area contributed by atoms with Crippen LogP contribution < -0.4 is 10.2 Å². The molecule has 8 nitrogen and oxygen atoms in total. The minimum atomic E-state index is -0.724. The highest BCUT2D eigenvalue weighted by molar-refractivity contribution is 6.44. The molecular formula is C16H20N2O6. The van der Waals surface area contributed by atoms with Gasteiger partial charge in [0.25, 0.3) is 5.91 Å². The average Bonchev–Trinajstić information content (AvgIpc) is 2.55. The van der Waals surface area contributed by atoms with Gasteiger partial charge in [-0.15, -0.1) is 0 Å². The van der Waals surface area contributed by atoms with E-state index >= 15 is 0 Å². The van der Waals surface area contributed by atoms with Crippen molar-refractivity contribution in [2.45, 2.75) is 20.3 Å². The Bertz CT molecular complexity index is 627. The van der Waals surface area contributed by atoms with Crippen molar-refractivity contribution in [3.63, 3.8) is 0 Å². The molecular weight excluding hydrogens is 316 g/mol. The molecule has 0 bridgehead atoms. The molecule has 1 N–H and O–H groups in total. The zero-order chi connectivity index (χ0) is 17.9. The molecule has 130 valence electrons.